The second kappa shape index (κ2) is 4.25. The van der Waals surface area contributed by atoms with Gasteiger partial charge in [0.05, 0.1) is 16.8 Å². The molecule has 0 spiro atoms. The number of para-hydroxylation sites is 1. The summed E-state index contributed by atoms with van der Waals surface area (Å²) >= 11 is 0. The molecule has 0 bridgehead atoms. The van der Waals surface area contributed by atoms with Crippen LogP contribution in [0.2, 0.25) is 0 Å². The van der Waals surface area contributed by atoms with Gasteiger partial charge in [-0.2, -0.15) is 0 Å². The molecular formula is C13H19BN2O3. The molecule has 0 aromatic heterocycles. The lowest BCUT2D eigenvalue weighted by Crippen LogP contribution is -2.41. The topological polar surface area (TPSA) is 87.6 Å². The van der Waals surface area contributed by atoms with Gasteiger partial charge in [-0.15, -0.1) is 0 Å². The zero-order valence-electron chi connectivity index (χ0n) is 11.7. The molecule has 4 N–H and O–H groups in total. The van der Waals surface area contributed by atoms with E-state index in [4.69, 9.17) is 20.8 Å². The third-order valence-electron chi connectivity index (χ3n) is 3.91. The zero-order valence-corrected chi connectivity index (χ0v) is 11.7. The van der Waals surface area contributed by atoms with Crippen LogP contribution < -0.4 is 16.9 Å². The second-order valence-electron chi connectivity index (χ2n) is 5.76. The summed E-state index contributed by atoms with van der Waals surface area (Å²) < 4.78 is 11.8. The van der Waals surface area contributed by atoms with E-state index in [0.717, 1.165) is 0 Å². The number of rotatable bonds is 2. The number of nitrogen functional groups attached to an aromatic ring is 1. The van der Waals surface area contributed by atoms with Gasteiger partial charge in [0, 0.05) is 11.2 Å². The van der Waals surface area contributed by atoms with Gasteiger partial charge in [0.25, 0.3) is 5.91 Å². The Bertz CT molecular complexity index is 513. The van der Waals surface area contributed by atoms with Gasteiger partial charge >= 0.3 is 7.12 Å². The highest BCUT2D eigenvalue weighted by atomic mass is 16.7. The van der Waals surface area contributed by atoms with Crippen molar-refractivity contribution < 1.29 is 14.1 Å². The third-order valence-corrected chi connectivity index (χ3v) is 3.91. The maximum absolute atomic E-state index is 11.3. The molecule has 1 fully saturated rings. The SMILES string of the molecule is CC1(C)OB(c2cccc(C(N)=O)c2N)OC1(C)C. The smallest absolute Gasteiger partial charge is 0.399 e. The Balaban J connectivity index is 2.40. The van der Waals surface area contributed by atoms with Crippen LogP contribution in [0, 0.1) is 0 Å². The molecule has 0 saturated carbocycles. The summed E-state index contributed by atoms with van der Waals surface area (Å²) in [6.45, 7) is 7.84. The van der Waals surface area contributed by atoms with Crippen molar-refractivity contribution in [2.75, 3.05) is 5.73 Å². The first-order valence-electron chi connectivity index (χ1n) is 6.19. The first kappa shape index (κ1) is 13.9. The highest BCUT2D eigenvalue weighted by Gasteiger charge is 2.52. The average molecular weight is 262 g/mol. The van der Waals surface area contributed by atoms with E-state index in [-0.39, 0.29) is 5.56 Å². The van der Waals surface area contributed by atoms with E-state index >= 15 is 0 Å². The quantitative estimate of drug-likeness (QED) is 0.605. The minimum absolute atomic E-state index is 0.284. The number of amides is 1. The minimum Gasteiger partial charge on any atom is -0.399 e. The number of carbonyl (C=O) groups excluding carboxylic acids is 1. The van der Waals surface area contributed by atoms with Gasteiger partial charge in [-0.1, -0.05) is 12.1 Å². The number of hydrogen-bond donors (Lipinski definition) is 2. The fourth-order valence-electron chi connectivity index (χ4n) is 1.97. The van der Waals surface area contributed by atoms with Crippen LogP contribution in [0.15, 0.2) is 18.2 Å². The Morgan fingerprint density at radius 1 is 1.16 bits per heavy atom. The van der Waals surface area contributed by atoms with Crippen molar-refractivity contribution in [2.24, 2.45) is 5.73 Å². The molecule has 1 aromatic rings. The van der Waals surface area contributed by atoms with Gasteiger partial charge in [0.1, 0.15) is 0 Å². The standard InChI is InChI=1S/C13H19BN2O3/c1-12(2)13(3,4)19-14(18-12)9-7-5-6-8(10(9)15)11(16)17/h5-7H,15H2,1-4H3,(H2,16,17). The van der Waals surface area contributed by atoms with Crippen LogP contribution in [0.4, 0.5) is 5.69 Å². The van der Waals surface area contributed by atoms with E-state index in [0.29, 0.717) is 11.2 Å². The molecule has 1 aromatic carbocycles. The normalized spacial score (nSPS) is 20.5. The van der Waals surface area contributed by atoms with Crippen LogP contribution in [0.5, 0.6) is 0 Å². The Morgan fingerprint density at radius 3 is 2.16 bits per heavy atom. The molecule has 1 amide bonds. The van der Waals surface area contributed by atoms with Crippen molar-refractivity contribution in [1.29, 1.82) is 0 Å². The number of benzene rings is 1. The summed E-state index contributed by atoms with van der Waals surface area (Å²) in [5.41, 5.74) is 11.6. The molecule has 1 aliphatic heterocycles. The van der Waals surface area contributed by atoms with Gasteiger partial charge in [0.2, 0.25) is 0 Å². The highest BCUT2D eigenvalue weighted by Crippen LogP contribution is 2.36. The minimum atomic E-state index is -0.593. The Morgan fingerprint density at radius 2 is 1.68 bits per heavy atom. The molecule has 1 aliphatic rings. The molecule has 19 heavy (non-hydrogen) atoms. The summed E-state index contributed by atoms with van der Waals surface area (Å²) in [5, 5.41) is 0. The highest BCUT2D eigenvalue weighted by molar-refractivity contribution is 6.64. The van der Waals surface area contributed by atoms with Gasteiger partial charge in [-0.05, 0) is 33.8 Å². The van der Waals surface area contributed by atoms with E-state index in [1.807, 2.05) is 27.7 Å². The second-order valence-corrected chi connectivity index (χ2v) is 5.76. The number of primary amides is 1. The van der Waals surface area contributed by atoms with Gasteiger partial charge in [-0.3, -0.25) is 4.79 Å². The lowest BCUT2D eigenvalue weighted by atomic mass is 9.77. The van der Waals surface area contributed by atoms with Crippen LogP contribution in [0.1, 0.15) is 38.1 Å². The summed E-state index contributed by atoms with van der Waals surface area (Å²) in [5.74, 6) is -0.559. The van der Waals surface area contributed by atoms with Crippen LogP contribution in [0.25, 0.3) is 0 Å². The van der Waals surface area contributed by atoms with E-state index in [2.05, 4.69) is 0 Å². The van der Waals surface area contributed by atoms with Crippen LogP contribution in [-0.4, -0.2) is 24.2 Å². The molecule has 0 atom stereocenters. The van der Waals surface area contributed by atoms with Crippen molar-refractivity contribution in [3.63, 3.8) is 0 Å². The largest absolute Gasteiger partial charge is 0.496 e. The monoisotopic (exact) mass is 262 g/mol. The molecule has 1 saturated heterocycles. The molecule has 2 rings (SSSR count). The predicted octanol–water partition coefficient (Wildman–Crippen LogP) is 0.667. The first-order chi connectivity index (χ1) is 8.66. The van der Waals surface area contributed by atoms with Crippen LogP contribution in [-0.2, 0) is 9.31 Å². The Labute approximate surface area is 113 Å². The molecule has 5 nitrogen and oxygen atoms in total. The number of carbonyl (C=O) groups is 1. The van der Waals surface area contributed by atoms with E-state index in [1.54, 1.807) is 18.2 Å². The Kier molecular flexibility index (Phi) is 3.11. The lowest BCUT2D eigenvalue weighted by molar-refractivity contribution is 0.00578. The maximum Gasteiger partial charge on any atom is 0.496 e. The summed E-state index contributed by atoms with van der Waals surface area (Å²) in [7, 11) is -0.593. The van der Waals surface area contributed by atoms with Crippen molar-refractivity contribution in [3.8, 4) is 0 Å². The molecule has 1 heterocycles. The average Bonchev–Trinajstić information content (AvgIpc) is 2.47. The van der Waals surface area contributed by atoms with Crippen molar-refractivity contribution in [3.05, 3.63) is 23.8 Å². The van der Waals surface area contributed by atoms with Gasteiger partial charge in [-0.25, -0.2) is 0 Å². The third kappa shape index (κ3) is 2.22. The van der Waals surface area contributed by atoms with Crippen LogP contribution in [0.3, 0.4) is 0 Å². The zero-order chi connectivity index (χ0) is 14.4. The molecule has 6 heteroatoms. The molecule has 0 aliphatic carbocycles. The van der Waals surface area contributed by atoms with Gasteiger partial charge < -0.3 is 20.8 Å². The molecule has 102 valence electrons. The van der Waals surface area contributed by atoms with Crippen molar-refractivity contribution >= 4 is 24.2 Å². The number of nitrogens with two attached hydrogens (primary N) is 2. The summed E-state index contributed by atoms with van der Waals surface area (Å²) in [4.78, 5) is 11.3. The predicted molar refractivity (Wildman–Crippen MR) is 75.1 cm³/mol. The Hall–Kier alpha value is -1.53. The van der Waals surface area contributed by atoms with Crippen molar-refractivity contribution in [1.82, 2.24) is 0 Å². The van der Waals surface area contributed by atoms with E-state index in [1.165, 1.54) is 0 Å². The fraction of sp³-hybridized carbons (Fsp3) is 0.462. The van der Waals surface area contributed by atoms with E-state index in [9.17, 15) is 4.79 Å². The fourth-order valence-corrected chi connectivity index (χ4v) is 1.97. The lowest BCUT2D eigenvalue weighted by Gasteiger charge is -2.32. The summed E-state index contributed by atoms with van der Waals surface area (Å²) in [6, 6.07) is 5.09. The first-order valence-corrected chi connectivity index (χ1v) is 6.19. The van der Waals surface area contributed by atoms with Gasteiger partial charge in [0.15, 0.2) is 0 Å². The van der Waals surface area contributed by atoms with Crippen molar-refractivity contribution in [2.45, 2.75) is 38.9 Å². The number of hydrogen-bond acceptors (Lipinski definition) is 4. The van der Waals surface area contributed by atoms with Crippen LogP contribution >= 0.6 is 0 Å². The molecule has 0 radical (unpaired) electrons. The molecule has 0 unspecified atom stereocenters. The number of anilines is 1. The van der Waals surface area contributed by atoms with E-state index < -0.39 is 24.2 Å². The molecular weight excluding hydrogens is 243 g/mol. The summed E-state index contributed by atoms with van der Waals surface area (Å²) in [6.07, 6.45) is 0. The maximum atomic E-state index is 11.3.